The lowest BCUT2D eigenvalue weighted by molar-refractivity contribution is 0.238. The minimum atomic E-state index is 0.167. The van der Waals surface area contributed by atoms with E-state index in [9.17, 15) is 0 Å². The number of rotatable bonds is 4. The normalized spacial score (nSPS) is 21.2. The van der Waals surface area contributed by atoms with Crippen molar-refractivity contribution in [1.29, 1.82) is 0 Å². The van der Waals surface area contributed by atoms with Crippen molar-refractivity contribution in [3.8, 4) is 5.75 Å². The molecular formula is C18H23N3O. The van der Waals surface area contributed by atoms with Crippen molar-refractivity contribution in [1.82, 2.24) is 10.9 Å². The van der Waals surface area contributed by atoms with E-state index in [1.807, 2.05) is 44.2 Å². The number of anilines is 1. The number of hydrogen-bond acceptors (Lipinski definition) is 4. The van der Waals surface area contributed by atoms with Crippen molar-refractivity contribution in [2.45, 2.75) is 38.5 Å². The quantitative estimate of drug-likeness (QED) is 0.758. The highest BCUT2D eigenvalue weighted by atomic mass is 16.5. The van der Waals surface area contributed by atoms with Gasteiger partial charge in [-0.15, -0.1) is 0 Å². The number of nitrogens with two attached hydrogens (primary N) is 1. The van der Waals surface area contributed by atoms with Crippen molar-refractivity contribution in [2.24, 2.45) is 0 Å². The third-order valence-corrected chi connectivity index (χ3v) is 3.87. The molecule has 22 heavy (non-hydrogen) atoms. The van der Waals surface area contributed by atoms with Gasteiger partial charge in [0, 0.05) is 17.3 Å². The Hall–Kier alpha value is -2.04. The molecule has 4 heteroatoms. The molecular weight excluding hydrogens is 274 g/mol. The second kappa shape index (κ2) is 6.38. The Balaban J connectivity index is 1.78. The van der Waals surface area contributed by atoms with Crippen molar-refractivity contribution >= 4 is 5.69 Å². The average Bonchev–Trinajstić information content (AvgIpc) is 2.97. The molecule has 2 aromatic rings. The van der Waals surface area contributed by atoms with Gasteiger partial charge >= 0.3 is 0 Å². The summed E-state index contributed by atoms with van der Waals surface area (Å²) < 4.78 is 5.93. The summed E-state index contributed by atoms with van der Waals surface area (Å²) in [5.74, 6) is 0.949. The fourth-order valence-electron chi connectivity index (χ4n) is 2.88. The molecule has 0 spiro atoms. The molecule has 4 nitrogen and oxygen atoms in total. The number of ether oxygens (including phenoxy) is 1. The molecule has 116 valence electrons. The zero-order chi connectivity index (χ0) is 15.5. The van der Waals surface area contributed by atoms with Gasteiger partial charge in [0.05, 0.1) is 12.1 Å². The first-order valence-electron chi connectivity index (χ1n) is 7.75. The third kappa shape index (κ3) is 3.24. The average molecular weight is 297 g/mol. The first kappa shape index (κ1) is 14.9. The SMILES string of the molecule is CC(C)Oc1ccccc1C1CC(c2cccc(N)c2)NN1. The van der Waals surface area contributed by atoms with E-state index in [1.165, 1.54) is 11.1 Å². The fraction of sp³-hybridized carbons (Fsp3) is 0.333. The number of hydrazine groups is 1. The summed E-state index contributed by atoms with van der Waals surface area (Å²) in [6, 6.07) is 16.7. The van der Waals surface area contributed by atoms with Crippen LogP contribution in [0.4, 0.5) is 5.69 Å². The monoisotopic (exact) mass is 297 g/mol. The lowest BCUT2D eigenvalue weighted by Gasteiger charge is -2.18. The van der Waals surface area contributed by atoms with Gasteiger partial charge in [-0.1, -0.05) is 30.3 Å². The molecule has 3 rings (SSSR count). The van der Waals surface area contributed by atoms with E-state index in [4.69, 9.17) is 10.5 Å². The second-order valence-corrected chi connectivity index (χ2v) is 6.00. The summed E-state index contributed by atoms with van der Waals surface area (Å²) in [6.07, 6.45) is 1.13. The molecule has 2 unspecified atom stereocenters. The highest BCUT2D eigenvalue weighted by Crippen LogP contribution is 2.35. The molecule has 0 radical (unpaired) electrons. The lowest BCUT2D eigenvalue weighted by Crippen LogP contribution is -2.27. The largest absolute Gasteiger partial charge is 0.491 e. The van der Waals surface area contributed by atoms with Gasteiger partial charge in [-0.05, 0) is 44.0 Å². The van der Waals surface area contributed by atoms with Gasteiger partial charge < -0.3 is 10.5 Å². The van der Waals surface area contributed by atoms with Gasteiger partial charge in [-0.3, -0.25) is 0 Å². The molecule has 0 bridgehead atoms. The number of nitrogens with one attached hydrogen (secondary N) is 2. The summed E-state index contributed by atoms with van der Waals surface area (Å²) in [4.78, 5) is 0. The van der Waals surface area contributed by atoms with Crippen LogP contribution in [0.2, 0.25) is 0 Å². The maximum absolute atomic E-state index is 5.93. The summed E-state index contributed by atoms with van der Waals surface area (Å²) in [7, 11) is 0. The Bertz CT molecular complexity index is 642. The first-order valence-corrected chi connectivity index (χ1v) is 7.75. The highest BCUT2D eigenvalue weighted by Gasteiger charge is 2.28. The molecule has 0 aliphatic carbocycles. The lowest BCUT2D eigenvalue weighted by atomic mass is 9.97. The van der Waals surface area contributed by atoms with Crippen LogP contribution in [-0.4, -0.2) is 6.10 Å². The zero-order valence-electron chi connectivity index (χ0n) is 13.0. The number of hydrogen-bond donors (Lipinski definition) is 3. The number of benzene rings is 2. The van der Waals surface area contributed by atoms with E-state index in [0.717, 1.165) is 17.9 Å². The van der Waals surface area contributed by atoms with Gasteiger partial charge in [-0.2, -0.15) is 0 Å². The van der Waals surface area contributed by atoms with E-state index in [-0.39, 0.29) is 18.2 Å². The maximum atomic E-state index is 5.93. The molecule has 1 saturated heterocycles. The van der Waals surface area contributed by atoms with E-state index >= 15 is 0 Å². The Morgan fingerprint density at radius 3 is 2.59 bits per heavy atom. The molecule has 2 atom stereocenters. The minimum Gasteiger partial charge on any atom is -0.491 e. The Morgan fingerprint density at radius 2 is 1.82 bits per heavy atom. The predicted octanol–water partition coefficient (Wildman–Crippen LogP) is 3.34. The van der Waals surface area contributed by atoms with Crippen LogP contribution >= 0.6 is 0 Å². The van der Waals surface area contributed by atoms with Crippen LogP contribution in [0, 0.1) is 0 Å². The number of para-hydroxylation sites is 1. The van der Waals surface area contributed by atoms with Crippen molar-refractivity contribution in [2.75, 3.05) is 5.73 Å². The highest BCUT2D eigenvalue weighted by molar-refractivity contribution is 5.42. The van der Waals surface area contributed by atoms with Gasteiger partial charge in [0.25, 0.3) is 0 Å². The molecule has 1 aliphatic rings. The molecule has 2 aromatic carbocycles. The van der Waals surface area contributed by atoms with Crippen molar-refractivity contribution in [3.05, 3.63) is 59.7 Å². The molecule has 1 fully saturated rings. The van der Waals surface area contributed by atoms with Crippen LogP contribution in [0.25, 0.3) is 0 Å². The van der Waals surface area contributed by atoms with Crippen LogP contribution in [-0.2, 0) is 0 Å². The van der Waals surface area contributed by atoms with E-state index in [0.29, 0.717) is 0 Å². The van der Waals surface area contributed by atoms with Gasteiger partial charge in [0.15, 0.2) is 0 Å². The first-order chi connectivity index (χ1) is 10.6. The Morgan fingerprint density at radius 1 is 1.05 bits per heavy atom. The van der Waals surface area contributed by atoms with E-state index in [2.05, 4.69) is 29.1 Å². The van der Waals surface area contributed by atoms with Crippen LogP contribution in [0.15, 0.2) is 48.5 Å². The summed E-state index contributed by atoms with van der Waals surface area (Å²) in [5, 5.41) is 0. The van der Waals surface area contributed by atoms with Gasteiger partial charge in [0.2, 0.25) is 0 Å². The maximum Gasteiger partial charge on any atom is 0.124 e. The topological polar surface area (TPSA) is 59.3 Å². The summed E-state index contributed by atoms with van der Waals surface area (Å²) in [5.41, 5.74) is 15.8. The summed E-state index contributed by atoms with van der Waals surface area (Å²) >= 11 is 0. The van der Waals surface area contributed by atoms with Crippen LogP contribution in [0.3, 0.4) is 0 Å². The van der Waals surface area contributed by atoms with E-state index in [1.54, 1.807) is 0 Å². The Labute approximate surface area is 131 Å². The molecule has 0 amide bonds. The van der Waals surface area contributed by atoms with Crippen LogP contribution < -0.4 is 21.3 Å². The van der Waals surface area contributed by atoms with E-state index < -0.39 is 0 Å². The molecule has 1 heterocycles. The second-order valence-electron chi connectivity index (χ2n) is 6.00. The third-order valence-electron chi connectivity index (χ3n) is 3.87. The fourth-order valence-corrected chi connectivity index (χ4v) is 2.88. The zero-order valence-corrected chi connectivity index (χ0v) is 13.0. The Kier molecular flexibility index (Phi) is 4.32. The van der Waals surface area contributed by atoms with Gasteiger partial charge in [0.1, 0.15) is 5.75 Å². The van der Waals surface area contributed by atoms with Crippen molar-refractivity contribution in [3.63, 3.8) is 0 Å². The molecule has 0 aromatic heterocycles. The van der Waals surface area contributed by atoms with Gasteiger partial charge in [-0.25, -0.2) is 10.9 Å². The van der Waals surface area contributed by atoms with Crippen LogP contribution in [0.5, 0.6) is 5.75 Å². The molecule has 1 aliphatic heterocycles. The molecule has 0 saturated carbocycles. The standard InChI is InChI=1S/C18H23N3O/c1-12(2)22-18-9-4-3-8-15(18)17-11-16(20-21-17)13-6-5-7-14(19)10-13/h3-10,12,16-17,20-21H,11,19H2,1-2H3. The van der Waals surface area contributed by atoms with Crippen LogP contribution in [0.1, 0.15) is 43.5 Å². The molecule has 4 N–H and O–H groups in total. The predicted molar refractivity (Wildman–Crippen MR) is 89.4 cm³/mol. The number of nitrogen functional groups attached to an aromatic ring is 1. The summed E-state index contributed by atoms with van der Waals surface area (Å²) in [6.45, 7) is 4.10. The smallest absolute Gasteiger partial charge is 0.124 e. The minimum absolute atomic E-state index is 0.167. The van der Waals surface area contributed by atoms with Crippen molar-refractivity contribution < 1.29 is 4.74 Å².